The van der Waals surface area contributed by atoms with Crippen molar-refractivity contribution in [2.24, 2.45) is 5.92 Å². The molecule has 3 rings (SSSR count). The first-order valence-electron chi connectivity index (χ1n) is 8.87. The highest BCUT2D eigenvalue weighted by molar-refractivity contribution is 8.00. The summed E-state index contributed by atoms with van der Waals surface area (Å²) in [5.74, 6) is 0.993. The van der Waals surface area contributed by atoms with E-state index in [9.17, 15) is 9.59 Å². The van der Waals surface area contributed by atoms with Gasteiger partial charge in [0, 0.05) is 35.0 Å². The highest BCUT2D eigenvalue weighted by Gasteiger charge is 2.30. The first kappa shape index (κ1) is 19.8. The predicted octanol–water partition coefficient (Wildman–Crippen LogP) is 3.99. The summed E-state index contributed by atoms with van der Waals surface area (Å²) in [6, 6.07) is 9.16. The number of hydrogen-bond donors (Lipinski definition) is 1. The summed E-state index contributed by atoms with van der Waals surface area (Å²) in [7, 11) is 0. The molecule has 1 saturated heterocycles. The molecule has 0 saturated carbocycles. The maximum Gasteiger partial charge on any atom is 0.235 e. The normalized spacial score (nSPS) is 16.2. The molecule has 1 atom stereocenters. The molecule has 6 nitrogen and oxygen atoms in total. The van der Waals surface area contributed by atoms with E-state index in [0.29, 0.717) is 42.5 Å². The monoisotopic (exact) mass is 407 g/mol. The minimum Gasteiger partial charge on any atom is -0.360 e. The fourth-order valence-electron chi connectivity index (χ4n) is 3.04. The smallest absolute Gasteiger partial charge is 0.235 e. The molecule has 27 heavy (non-hydrogen) atoms. The number of benzene rings is 1. The van der Waals surface area contributed by atoms with Crippen LogP contribution in [0.3, 0.4) is 0 Å². The van der Waals surface area contributed by atoms with Gasteiger partial charge in [-0.3, -0.25) is 9.59 Å². The molecule has 8 heteroatoms. The van der Waals surface area contributed by atoms with Gasteiger partial charge in [0.1, 0.15) is 5.76 Å². The first-order valence-corrected chi connectivity index (χ1v) is 10.1. The highest BCUT2D eigenvalue weighted by Crippen LogP contribution is 2.27. The van der Waals surface area contributed by atoms with E-state index < -0.39 is 0 Å². The minimum absolute atomic E-state index is 0.0704. The number of aromatic nitrogens is 1. The minimum atomic E-state index is -0.186. The summed E-state index contributed by atoms with van der Waals surface area (Å²) >= 11 is 7.42. The molecule has 1 fully saturated rings. The van der Waals surface area contributed by atoms with E-state index in [1.807, 2.05) is 36.1 Å². The number of aryl methyl sites for hydroxylation is 1. The zero-order chi connectivity index (χ0) is 19.4. The number of hydrogen-bond acceptors (Lipinski definition) is 5. The van der Waals surface area contributed by atoms with Crippen LogP contribution in [0, 0.1) is 12.8 Å². The van der Waals surface area contributed by atoms with Gasteiger partial charge in [-0.25, -0.2) is 0 Å². The van der Waals surface area contributed by atoms with Crippen molar-refractivity contribution >= 4 is 41.0 Å². The molecule has 2 amide bonds. The van der Waals surface area contributed by atoms with E-state index in [0.717, 1.165) is 4.90 Å². The van der Waals surface area contributed by atoms with Gasteiger partial charge in [-0.05, 0) is 51.0 Å². The van der Waals surface area contributed by atoms with Crippen molar-refractivity contribution in [3.8, 4) is 0 Å². The lowest BCUT2D eigenvalue weighted by molar-refractivity contribution is -0.133. The summed E-state index contributed by atoms with van der Waals surface area (Å²) in [6.07, 6.45) is 1.29. The van der Waals surface area contributed by atoms with E-state index in [2.05, 4.69) is 10.5 Å². The molecule has 1 N–H and O–H groups in total. The van der Waals surface area contributed by atoms with Crippen LogP contribution >= 0.6 is 23.4 Å². The van der Waals surface area contributed by atoms with Gasteiger partial charge in [-0.15, -0.1) is 11.8 Å². The number of carbonyl (C=O) groups excluding carboxylic acids is 2. The summed E-state index contributed by atoms with van der Waals surface area (Å²) in [5, 5.41) is 7.05. The molecule has 0 radical (unpaired) electrons. The van der Waals surface area contributed by atoms with Gasteiger partial charge in [0.25, 0.3) is 0 Å². The maximum absolute atomic E-state index is 12.7. The van der Waals surface area contributed by atoms with Crippen LogP contribution in [0.5, 0.6) is 0 Å². The van der Waals surface area contributed by atoms with Gasteiger partial charge < -0.3 is 14.7 Å². The van der Waals surface area contributed by atoms with Crippen molar-refractivity contribution in [3.63, 3.8) is 0 Å². The Balaban J connectivity index is 1.48. The van der Waals surface area contributed by atoms with Gasteiger partial charge >= 0.3 is 0 Å². The number of amides is 2. The average molecular weight is 408 g/mol. The molecule has 1 unspecified atom stereocenters. The Bertz CT molecular complexity index is 801. The van der Waals surface area contributed by atoms with Crippen molar-refractivity contribution in [1.29, 1.82) is 0 Å². The second-order valence-electron chi connectivity index (χ2n) is 6.63. The molecular formula is C19H22ClN3O3S. The van der Waals surface area contributed by atoms with E-state index in [1.54, 1.807) is 13.0 Å². The van der Waals surface area contributed by atoms with Gasteiger partial charge in [-0.1, -0.05) is 16.8 Å². The average Bonchev–Trinajstić information content (AvgIpc) is 3.07. The third-order valence-electron chi connectivity index (χ3n) is 4.53. The van der Waals surface area contributed by atoms with Crippen LogP contribution in [0.4, 0.5) is 5.82 Å². The molecule has 1 aromatic heterocycles. The van der Waals surface area contributed by atoms with E-state index in [4.69, 9.17) is 16.1 Å². The van der Waals surface area contributed by atoms with E-state index in [-0.39, 0.29) is 23.0 Å². The number of likely N-dealkylation sites (tertiary alicyclic amines) is 1. The van der Waals surface area contributed by atoms with Crippen LogP contribution in [0.1, 0.15) is 25.5 Å². The first-order chi connectivity index (χ1) is 12.9. The molecule has 0 aliphatic carbocycles. The molecular weight excluding hydrogens is 386 g/mol. The standard InChI is InChI=1S/C19H22ClN3O3S/c1-12-11-17(22-26-12)21-18(24)14-7-9-23(10-8-14)19(25)13(2)27-16-5-3-15(20)4-6-16/h3-6,11,13-14H,7-10H2,1-2H3,(H,21,22,24). The third kappa shape index (κ3) is 5.26. The van der Waals surface area contributed by atoms with Crippen LogP contribution in [0.25, 0.3) is 0 Å². The van der Waals surface area contributed by atoms with Crippen molar-refractivity contribution in [3.05, 3.63) is 41.1 Å². The van der Waals surface area contributed by atoms with E-state index >= 15 is 0 Å². The number of thioether (sulfide) groups is 1. The number of anilines is 1. The lowest BCUT2D eigenvalue weighted by Crippen LogP contribution is -2.44. The number of piperidine rings is 1. The maximum atomic E-state index is 12.7. The second kappa shape index (κ2) is 8.80. The van der Waals surface area contributed by atoms with Crippen LogP contribution < -0.4 is 5.32 Å². The van der Waals surface area contributed by atoms with Crippen LogP contribution in [0.2, 0.25) is 5.02 Å². The zero-order valence-electron chi connectivity index (χ0n) is 15.3. The zero-order valence-corrected chi connectivity index (χ0v) is 16.8. The summed E-state index contributed by atoms with van der Waals surface area (Å²) < 4.78 is 4.96. The Morgan fingerprint density at radius 1 is 1.30 bits per heavy atom. The molecule has 2 aromatic rings. The largest absolute Gasteiger partial charge is 0.360 e. The van der Waals surface area contributed by atoms with E-state index in [1.165, 1.54) is 11.8 Å². The quantitative estimate of drug-likeness (QED) is 0.758. The van der Waals surface area contributed by atoms with Gasteiger partial charge in [0.2, 0.25) is 11.8 Å². The molecule has 1 aliphatic rings. The van der Waals surface area contributed by atoms with Crippen molar-refractivity contribution in [2.75, 3.05) is 18.4 Å². The molecule has 1 aliphatic heterocycles. The summed E-state index contributed by atoms with van der Waals surface area (Å²) in [6.45, 7) is 4.85. The molecule has 144 valence electrons. The highest BCUT2D eigenvalue weighted by atomic mass is 35.5. The van der Waals surface area contributed by atoms with Crippen molar-refractivity contribution in [1.82, 2.24) is 10.1 Å². The number of carbonyl (C=O) groups is 2. The van der Waals surface area contributed by atoms with Crippen LogP contribution in [-0.4, -0.2) is 40.2 Å². The predicted molar refractivity (Wildman–Crippen MR) is 106 cm³/mol. The topological polar surface area (TPSA) is 75.4 Å². The molecule has 0 bridgehead atoms. The second-order valence-corrected chi connectivity index (χ2v) is 8.48. The Labute approximate surface area is 167 Å². The number of rotatable bonds is 5. The molecule has 0 spiro atoms. The fraction of sp³-hybridized carbons (Fsp3) is 0.421. The molecule has 2 heterocycles. The van der Waals surface area contributed by atoms with Crippen molar-refractivity contribution < 1.29 is 14.1 Å². The lowest BCUT2D eigenvalue weighted by Gasteiger charge is -2.32. The Kier molecular flexibility index (Phi) is 6.44. The fourth-order valence-corrected chi connectivity index (χ4v) is 4.12. The SMILES string of the molecule is Cc1cc(NC(=O)C2CCN(C(=O)C(C)Sc3ccc(Cl)cc3)CC2)no1. The Morgan fingerprint density at radius 2 is 1.96 bits per heavy atom. The van der Waals surface area contributed by atoms with Crippen LogP contribution in [0.15, 0.2) is 39.8 Å². The van der Waals surface area contributed by atoms with Gasteiger partial charge in [0.15, 0.2) is 5.82 Å². The number of nitrogens with one attached hydrogen (secondary N) is 1. The Morgan fingerprint density at radius 3 is 2.56 bits per heavy atom. The van der Waals surface area contributed by atoms with Crippen LogP contribution in [-0.2, 0) is 9.59 Å². The van der Waals surface area contributed by atoms with Crippen molar-refractivity contribution in [2.45, 2.75) is 36.8 Å². The molecule has 1 aromatic carbocycles. The third-order valence-corrected chi connectivity index (χ3v) is 5.88. The number of halogens is 1. The number of nitrogens with zero attached hydrogens (tertiary/aromatic N) is 2. The lowest BCUT2D eigenvalue weighted by atomic mass is 9.95. The van der Waals surface area contributed by atoms with Gasteiger partial charge in [0.05, 0.1) is 5.25 Å². The Hall–Kier alpha value is -1.99. The van der Waals surface area contributed by atoms with Gasteiger partial charge in [-0.2, -0.15) is 0 Å². The summed E-state index contributed by atoms with van der Waals surface area (Å²) in [5.41, 5.74) is 0. The summed E-state index contributed by atoms with van der Waals surface area (Å²) in [4.78, 5) is 27.9.